The Bertz CT molecular complexity index is 725. The van der Waals surface area contributed by atoms with Crippen LogP contribution in [-0.4, -0.2) is 28.2 Å². The molecule has 4 heteroatoms. The van der Waals surface area contributed by atoms with Gasteiger partial charge in [0.05, 0.1) is 11.7 Å². The fraction of sp³-hybridized carbons (Fsp3) is 0.909. The molecule has 10 atom stereocenters. The monoisotopic (exact) mass is 357 g/mol. The number of nitrogens with zero attached hydrogens (tertiary/aromatic N) is 1. The third-order valence-electron chi connectivity index (χ3n) is 10.1. The first-order valence-electron chi connectivity index (χ1n) is 10.5. The van der Waals surface area contributed by atoms with Gasteiger partial charge in [-0.25, -0.2) is 0 Å². The van der Waals surface area contributed by atoms with Gasteiger partial charge in [-0.1, -0.05) is 20.8 Å². The Morgan fingerprint density at radius 2 is 1.81 bits per heavy atom. The van der Waals surface area contributed by atoms with Crippen molar-refractivity contribution in [2.24, 2.45) is 40.4 Å². The first-order valence-corrected chi connectivity index (χ1v) is 10.5. The SMILES string of the molecule is CC1C[C@@H]2[C@@H](CC[C@@]3(C)[C@H]2CCC3(C)O)[C@@]2(C)CC(C#N)C(=O)C3OC132. The van der Waals surface area contributed by atoms with E-state index in [4.69, 9.17) is 4.74 Å². The number of hydrogen-bond acceptors (Lipinski definition) is 4. The van der Waals surface area contributed by atoms with Crippen molar-refractivity contribution < 1.29 is 14.6 Å². The van der Waals surface area contributed by atoms with Crippen molar-refractivity contribution in [1.29, 1.82) is 5.26 Å². The molecule has 0 amide bonds. The second kappa shape index (κ2) is 4.73. The zero-order valence-electron chi connectivity index (χ0n) is 16.4. The molecule has 5 aliphatic rings. The highest BCUT2D eigenvalue weighted by atomic mass is 16.6. The number of epoxide rings is 1. The van der Waals surface area contributed by atoms with E-state index in [0.717, 1.165) is 32.1 Å². The number of fused-ring (bicyclic) bond motifs is 4. The predicted molar refractivity (Wildman–Crippen MR) is 95.9 cm³/mol. The number of hydrogen-bond donors (Lipinski definition) is 1. The minimum atomic E-state index is -0.571. The van der Waals surface area contributed by atoms with Crippen molar-refractivity contribution >= 4 is 5.78 Å². The van der Waals surface area contributed by atoms with E-state index >= 15 is 0 Å². The van der Waals surface area contributed by atoms with Gasteiger partial charge >= 0.3 is 0 Å². The number of carbonyl (C=O) groups is 1. The van der Waals surface area contributed by atoms with Crippen molar-refractivity contribution in [2.75, 3.05) is 0 Å². The molecule has 4 aliphatic carbocycles. The summed E-state index contributed by atoms with van der Waals surface area (Å²) in [5.41, 5.74) is -0.993. The molecular formula is C22H31NO3. The van der Waals surface area contributed by atoms with Gasteiger partial charge in [-0.15, -0.1) is 0 Å². The van der Waals surface area contributed by atoms with Crippen LogP contribution in [0, 0.1) is 51.8 Å². The molecule has 26 heavy (non-hydrogen) atoms. The van der Waals surface area contributed by atoms with E-state index in [1.807, 2.05) is 6.92 Å². The highest BCUT2D eigenvalue weighted by Crippen LogP contribution is 2.74. The summed E-state index contributed by atoms with van der Waals surface area (Å²) >= 11 is 0. The van der Waals surface area contributed by atoms with Crippen LogP contribution in [0.1, 0.15) is 66.2 Å². The van der Waals surface area contributed by atoms with Crippen LogP contribution in [0.4, 0.5) is 0 Å². The van der Waals surface area contributed by atoms with Crippen LogP contribution in [-0.2, 0) is 9.53 Å². The van der Waals surface area contributed by atoms with Crippen molar-refractivity contribution in [3.63, 3.8) is 0 Å². The van der Waals surface area contributed by atoms with Gasteiger partial charge in [-0.2, -0.15) is 5.26 Å². The minimum Gasteiger partial charge on any atom is -0.390 e. The maximum atomic E-state index is 12.6. The van der Waals surface area contributed by atoms with Gasteiger partial charge in [0.15, 0.2) is 5.78 Å². The van der Waals surface area contributed by atoms with Crippen LogP contribution in [0.5, 0.6) is 0 Å². The molecule has 0 bridgehead atoms. The molecule has 5 rings (SSSR count). The molecule has 4 nitrogen and oxygen atoms in total. The van der Waals surface area contributed by atoms with Gasteiger partial charge in [-0.05, 0) is 74.5 Å². The van der Waals surface area contributed by atoms with Crippen LogP contribution in [0.15, 0.2) is 0 Å². The van der Waals surface area contributed by atoms with E-state index in [0.29, 0.717) is 30.1 Å². The number of Topliss-reactive ketones (excluding diaryl/α,β-unsaturated/α-hetero) is 1. The molecule has 1 N–H and O–H groups in total. The molecule has 0 radical (unpaired) electrons. The minimum absolute atomic E-state index is 0.00231. The fourth-order valence-electron chi connectivity index (χ4n) is 8.45. The summed E-state index contributed by atoms with van der Waals surface area (Å²) in [7, 11) is 0. The van der Waals surface area contributed by atoms with E-state index in [9.17, 15) is 15.2 Å². The smallest absolute Gasteiger partial charge is 0.181 e. The molecule has 0 aromatic rings. The second-order valence-corrected chi connectivity index (χ2v) is 10.8. The Morgan fingerprint density at radius 3 is 2.50 bits per heavy atom. The standard InChI is InChI=1S/C22H31NO3/c1-12-9-14-15-6-8-21(4,25)19(15,2)7-5-16(14)20(3)10-13(11-23)17(24)18-22(12,20)26-18/h12-16,18,25H,5-10H2,1-4H3/t12?,13?,14-,15-,16+,18?,19-,20+,21?,22?/m0/s1. The van der Waals surface area contributed by atoms with E-state index in [1.165, 1.54) is 0 Å². The number of nitriles is 1. The van der Waals surface area contributed by atoms with Gasteiger partial charge in [0.2, 0.25) is 0 Å². The topological polar surface area (TPSA) is 73.6 Å². The van der Waals surface area contributed by atoms with Crippen molar-refractivity contribution in [2.45, 2.75) is 83.5 Å². The zero-order valence-corrected chi connectivity index (χ0v) is 16.4. The lowest BCUT2D eigenvalue weighted by Crippen LogP contribution is -2.63. The highest BCUT2D eigenvalue weighted by molar-refractivity contribution is 5.92. The third-order valence-corrected chi connectivity index (χ3v) is 10.1. The number of carbonyl (C=O) groups excluding carboxylic acids is 1. The number of ketones is 1. The molecule has 4 saturated carbocycles. The average Bonchev–Trinajstić information content (AvgIpc) is 3.29. The van der Waals surface area contributed by atoms with Gasteiger partial charge < -0.3 is 9.84 Å². The summed E-state index contributed by atoms with van der Waals surface area (Å²) in [4.78, 5) is 12.6. The lowest BCUT2D eigenvalue weighted by atomic mass is 9.41. The van der Waals surface area contributed by atoms with E-state index in [2.05, 4.69) is 26.8 Å². The first kappa shape index (κ1) is 17.2. The third kappa shape index (κ3) is 1.63. The maximum Gasteiger partial charge on any atom is 0.181 e. The lowest BCUT2D eigenvalue weighted by molar-refractivity contribution is -0.163. The maximum absolute atomic E-state index is 12.6. The van der Waals surface area contributed by atoms with Crippen molar-refractivity contribution in [3.8, 4) is 6.07 Å². The van der Waals surface area contributed by atoms with E-state index in [1.54, 1.807) is 0 Å². The van der Waals surface area contributed by atoms with Crippen LogP contribution in [0.2, 0.25) is 0 Å². The average molecular weight is 357 g/mol. The van der Waals surface area contributed by atoms with Crippen LogP contribution >= 0.6 is 0 Å². The molecule has 0 aromatic heterocycles. The van der Waals surface area contributed by atoms with Crippen LogP contribution in [0.3, 0.4) is 0 Å². The summed E-state index contributed by atoms with van der Waals surface area (Å²) in [5, 5.41) is 20.6. The van der Waals surface area contributed by atoms with Gasteiger partial charge in [-0.3, -0.25) is 4.79 Å². The molecule has 5 unspecified atom stereocenters. The van der Waals surface area contributed by atoms with Crippen LogP contribution < -0.4 is 0 Å². The molecule has 1 spiro atoms. The van der Waals surface area contributed by atoms with Gasteiger partial charge in [0.25, 0.3) is 0 Å². The van der Waals surface area contributed by atoms with Crippen molar-refractivity contribution in [1.82, 2.24) is 0 Å². The lowest BCUT2D eigenvalue weighted by Gasteiger charge is -2.61. The quantitative estimate of drug-likeness (QED) is 0.674. The molecule has 1 saturated heterocycles. The molecule has 142 valence electrons. The van der Waals surface area contributed by atoms with Crippen LogP contribution in [0.25, 0.3) is 0 Å². The summed E-state index contributed by atoms with van der Waals surface area (Å²) in [5.74, 6) is 1.48. The Labute approximate surface area is 156 Å². The number of rotatable bonds is 0. The highest BCUT2D eigenvalue weighted by Gasteiger charge is 2.80. The zero-order chi connectivity index (χ0) is 18.7. The molecular weight excluding hydrogens is 326 g/mol. The van der Waals surface area contributed by atoms with Gasteiger partial charge in [0, 0.05) is 5.41 Å². The normalized spacial score (nSPS) is 63.2. The predicted octanol–water partition coefficient (Wildman–Crippen LogP) is 3.48. The van der Waals surface area contributed by atoms with Crippen molar-refractivity contribution in [3.05, 3.63) is 0 Å². The summed E-state index contributed by atoms with van der Waals surface area (Å²) in [6, 6.07) is 2.27. The fourth-order valence-corrected chi connectivity index (χ4v) is 8.45. The molecule has 1 heterocycles. The second-order valence-electron chi connectivity index (χ2n) is 10.8. The molecule has 5 fully saturated rings. The Hall–Kier alpha value is -0.920. The van der Waals surface area contributed by atoms with E-state index < -0.39 is 11.5 Å². The Balaban J connectivity index is 1.56. The molecule has 1 aliphatic heterocycles. The summed E-state index contributed by atoms with van der Waals surface area (Å²) in [6.45, 7) is 8.91. The van der Waals surface area contributed by atoms with E-state index in [-0.39, 0.29) is 28.3 Å². The largest absolute Gasteiger partial charge is 0.390 e. The van der Waals surface area contributed by atoms with Gasteiger partial charge in [0.1, 0.15) is 17.6 Å². The summed E-state index contributed by atoms with van der Waals surface area (Å²) < 4.78 is 6.21. The Morgan fingerprint density at radius 1 is 1.15 bits per heavy atom. The first-order chi connectivity index (χ1) is 12.1. The number of ether oxygens (including phenoxy) is 1. The molecule has 0 aromatic carbocycles. The summed E-state index contributed by atoms with van der Waals surface area (Å²) in [6.07, 6.45) is 5.53. The number of aliphatic hydroxyl groups is 1. The Kier molecular flexibility index (Phi) is 3.13.